The van der Waals surface area contributed by atoms with Crippen LogP contribution in [-0.2, 0) is 4.79 Å². The summed E-state index contributed by atoms with van der Waals surface area (Å²) in [6, 6.07) is 18.5. The van der Waals surface area contributed by atoms with Crippen molar-refractivity contribution in [1.29, 1.82) is 0 Å². The van der Waals surface area contributed by atoms with Crippen molar-refractivity contribution in [2.75, 3.05) is 0 Å². The number of benzene rings is 2. The molecule has 124 valence electrons. The van der Waals surface area contributed by atoms with Gasteiger partial charge in [-0.2, -0.15) is 0 Å². The number of carbonyl (C=O) groups is 1. The van der Waals surface area contributed by atoms with Crippen LogP contribution >= 0.6 is 0 Å². The lowest BCUT2D eigenvalue weighted by atomic mass is 10.1. The maximum Gasteiger partial charge on any atom is 0.220 e. The molecule has 3 aromatic rings. The van der Waals surface area contributed by atoms with Crippen molar-refractivity contribution in [3.8, 4) is 0 Å². The van der Waals surface area contributed by atoms with Crippen LogP contribution in [0.15, 0.2) is 54.6 Å². The van der Waals surface area contributed by atoms with Crippen LogP contribution in [0.1, 0.15) is 50.7 Å². The van der Waals surface area contributed by atoms with Crippen LogP contribution < -0.4 is 5.32 Å². The van der Waals surface area contributed by atoms with Gasteiger partial charge < -0.3 is 9.88 Å². The van der Waals surface area contributed by atoms with Crippen molar-refractivity contribution in [2.24, 2.45) is 0 Å². The highest BCUT2D eigenvalue weighted by molar-refractivity contribution is 5.78. The van der Waals surface area contributed by atoms with E-state index in [9.17, 15) is 4.79 Å². The minimum Gasteiger partial charge on any atom is -0.346 e. The first-order valence-corrected chi connectivity index (χ1v) is 8.43. The van der Waals surface area contributed by atoms with Gasteiger partial charge in [-0.3, -0.25) is 4.79 Å². The second-order valence-corrected chi connectivity index (χ2v) is 6.06. The van der Waals surface area contributed by atoms with E-state index < -0.39 is 0 Å². The Kier molecular flexibility index (Phi) is 4.65. The lowest BCUT2D eigenvalue weighted by molar-refractivity contribution is -0.121. The van der Waals surface area contributed by atoms with Crippen LogP contribution in [0.3, 0.4) is 0 Å². The van der Waals surface area contributed by atoms with E-state index in [2.05, 4.69) is 35.0 Å². The lowest BCUT2D eigenvalue weighted by Crippen LogP contribution is -2.28. The SMILES string of the molecule is CCC(=O)NC(C)c1nc2ccccc2n1C(C)c1ccccc1. The Morgan fingerprint density at radius 3 is 2.46 bits per heavy atom. The molecule has 2 atom stereocenters. The van der Waals surface area contributed by atoms with Crippen LogP contribution in [-0.4, -0.2) is 15.5 Å². The van der Waals surface area contributed by atoms with Crippen LogP contribution in [0.2, 0.25) is 0 Å². The van der Waals surface area contributed by atoms with Gasteiger partial charge in [0.1, 0.15) is 5.82 Å². The minimum absolute atomic E-state index is 0.0356. The molecule has 0 aliphatic rings. The largest absolute Gasteiger partial charge is 0.346 e. The van der Waals surface area contributed by atoms with Crippen molar-refractivity contribution in [1.82, 2.24) is 14.9 Å². The lowest BCUT2D eigenvalue weighted by Gasteiger charge is -2.21. The molecule has 0 aliphatic carbocycles. The Morgan fingerprint density at radius 2 is 1.75 bits per heavy atom. The summed E-state index contributed by atoms with van der Waals surface area (Å²) in [5.74, 6) is 0.919. The highest BCUT2D eigenvalue weighted by atomic mass is 16.1. The molecule has 0 aliphatic heterocycles. The van der Waals surface area contributed by atoms with Crippen molar-refractivity contribution >= 4 is 16.9 Å². The first kappa shape index (κ1) is 16.2. The smallest absolute Gasteiger partial charge is 0.220 e. The summed E-state index contributed by atoms with van der Waals surface area (Å²) in [6.45, 7) is 6.02. The van der Waals surface area contributed by atoms with E-state index in [1.807, 2.05) is 50.2 Å². The van der Waals surface area contributed by atoms with Crippen LogP contribution in [0, 0.1) is 0 Å². The van der Waals surface area contributed by atoms with Gasteiger partial charge in [-0.05, 0) is 31.5 Å². The van der Waals surface area contributed by atoms with Gasteiger partial charge in [-0.15, -0.1) is 0 Å². The van der Waals surface area contributed by atoms with Crippen molar-refractivity contribution in [3.05, 3.63) is 66.0 Å². The standard InChI is InChI=1S/C20H23N3O/c1-4-19(24)21-14(2)20-22-17-12-8-9-13-18(17)23(20)15(3)16-10-6-5-7-11-16/h5-15H,4H2,1-3H3,(H,21,24). The maximum absolute atomic E-state index is 11.8. The quantitative estimate of drug-likeness (QED) is 0.764. The van der Waals surface area contributed by atoms with Gasteiger partial charge in [-0.1, -0.05) is 49.4 Å². The summed E-state index contributed by atoms with van der Waals surface area (Å²) in [5.41, 5.74) is 3.25. The van der Waals surface area contributed by atoms with E-state index in [1.165, 1.54) is 5.56 Å². The topological polar surface area (TPSA) is 46.9 Å². The van der Waals surface area contributed by atoms with Crippen molar-refractivity contribution in [2.45, 2.75) is 39.3 Å². The summed E-state index contributed by atoms with van der Waals surface area (Å²) in [5, 5.41) is 3.03. The van der Waals surface area contributed by atoms with Gasteiger partial charge in [0.15, 0.2) is 0 Å². The predicted molar refractivity (Wildman–Crippen MR) is 96.8 cm³/mol. The number of para-hydroxylation sites is 2. The van der Waals surface area contributed by atoms with E-state index in [0.717, 1.165) is 16.9 Å². The normalized spacial score (nSPS) is 13.6. The fraction of sp³-hybridized carbons (Fsp3) is 0.300. The number of imidazole rings is 1. The van der Waals surface area contributed by atoms with E-state index >= 15 is 0 Å². The van der Waals surface area contributed by atoms with Gasteiger partial charge in [-0.25, -0.2) is 4.98 Å². The molecule has 1 amide bonds. The van der Waals surface area contributed by atoms with E-state index in [4.69, 9.17) is 4.98 Å². The highest BCUT2D eigenvalue weighted by Crippen LogP contribution is 2.28. The Bertz CT molecular complexity index is 838. The minimum atomic E-state index is -0.143. The van der Waals surface area contributed by atoms with E-state index in [1.54, 1.807) is 0 Å². The molecular formula is C20H23N3O. The molecule has 2 unspecified atom stereocenters. The number of fused-ring (bicyclic) bond motifs is 1. The van der Waals surface area contributed by atoms with Gasteiger partial charge in [0.05, 0.1) is 23.1 Å². The van der Waals surface area contributed by atoms with E-state index in [-0.39, 0.29) is 18.0 Å². The number of nitrogens with one attached hydrogen (secondary N) is 1. The van der Waals surface area contributed by atoms with Gasteiger partial charge >= 0.3 is 0 Å². The summed E-state index contributed by atoms with van der Waals surface area (Å²) in [4.78, 5) is 16.6. The molecule has 1 aromatic heterocycles. The number of amides is 1. The third kappa shape index (κ3) is 3.04. The molecule has 3 rings (SSSR count). The zero-order chi connectivity index (χ0) is 17.1. The molecule has 4 nitrogen and oxygen atoms in total. The number of carbonyl (C=O) groups excluding carboxylic acids is 1. The van der Waals surface area contributed by atoms with Gasteiger partial charge in [0, 0.05) is 6.42 Å². The summed E-state index contributed by atoms with van der Waals surface area (Å²) in [6.07, 6.45) is 0.471. The van der Waals surface area contributed by atoms with E-state index in [0.29, 0.717) is 6.42 Å². The molecule has 0 bridgehead atoms. The van der Waals surface area contributed by atoms with Crippen LogP contribution in [0.5, 0.6) is 0 Å². The summed E-state index contributed by atoms with van der Waals surface area (Å²) < 4.78 is 2.23. The molecule has 0 saturated heterocycles. The average molecular weight is 321 g/mol. The third-order valence-electron chi connectivity index (χ3n) is 4.38. The molecule has 0 radical (unpaired) electrons. The second-order valence-electron chi connectivity index (χ2n) is 6.06. The number of nitrogens with zero attached hydrogens (tertiary/aromatic N) is 2. The first-order chi connectivity index (χ1) is 11.6. The van der Waals surface area contributed by atoms with Crippen LogP contribution in [0.4, 0.5) is 0 Å². The first-order valence-electron chi connectivity index (χ1n) is 8.43. The number of aromatic nitrogens is 2. The van der Waals surface area contributed by atoms with Crippen molar-refractivity contribution in [3.63, 3.8) is 0 Å². The zero-order valence-corrected chi connectivity index (χ0v) is 14.4. The number of rotatable bonds is 5. The Balaban J connectivity index is 2.10. The molecule has 24 heavy (non-hydrogen) atoms. The Morgan fingerprint density at radius 1 is 1.08 bits per heavy atom. The Hall–Kier alpha value is -2.62. The molecule has 2 aromatic carbocycles. The van der Waals surface area contributed by atoms with Gasteiger partial charge in [0.25, 0.3) is 0 Å². The summed E-state index contributed by atoms with van der Waals surface area (Å²) in [7, 11) is 0. The molecule has 1 N–H and O–H groups in total. The fourth-order valence-corrected chi connectivity index (χ4v) is 3.06. The molecule has 0 fully saturated rings. The molecular weight excluding hydrogens is 298 g/mol. The van der Waals surface area contributed by atoms with Crippen molar-refractivity contribution < 1.29 is 4.79 Å². The second kappa shape index (κ2) is 6.87. The molecule has 4 heteroatoms. The third-order valence-corrected chi connectivity index (χ3v) is 4.38. The number of hydrogen-bond donors (Lipinski definition) is 1. The summed E-state index contributed by atoms with van der Waals surface area (Å²) >= 11 is 0. The number of hydrogen-bond acceptors (Lipinski definition) is 2. The highest BCUT2D eigenvalue weighted by Gasteiger charge is 2.21. The fourth-order valence-electron chi connectivity index (χ4n) is 3.06. The zero-order valence-electron chi connectivity index (χ0n) is 14.4. The maximum atomic E-state index is 11.8. The monoisotopic (exact) mass is 321 g/mol. The Labute approximate surface area is 142 Å². The van der Waals surface area contributed by atoms with Crippen LogP contribution in [0.25, 0.3) is 11.0 Å². The average Bonchev–Trinajstić information content (AvgIpc) is 3.01. The van der Waals surface area contributed by atoms with Gasteiger partial charge in [0.2, 0.25) is 5.91 Å². The molecule has 0 spiro atoms. The predicted octanol–water partition coefficient (Wildman–Crippen LogP) is 4.23. The molecule has 1 heterocycles. The molecule has 0 saturated carbocycles.